The number of aryl methyl sites for hydroxylation is 2. The van der Waals surface area contributed by atoms with E-state index in [-0.39, 0.29) is 11.9 Å². The van der Waals surface area contributed by atoms with Crippen LogP contribution in [0.25, 0.3) is 0 Å². The van der Waals surface area contributed by atoms with E-state index < -0.39 is 0 Å². The maximum atomic E-state index is 13.3. The van der Waals surface area contributed by atoms with Crippen molar-refractivity contribution in [3.05, 3.63) is 70.5 Å². The van der Waals surface area contributed by atoms with Crippen LogP contribution in [0.2, 0.25) is 0 Å². The molecule has 0 bridgehead atoms. The van der Waals surface area contributed by atoms with E-state index in [0.717, 1.165) is 24.1 Å². The topological polar surface area (TPSA) is 12.0 Å². The quantitative estimate of drug-likeness (QED) is 0.850. The average Bonchev–Trinajstić information content (AvgIpc) is 2.45. The molecule has 0 saturated carbocycles. The zero-order chi connectivity index (χ0) is 14.5. The first-order valence-corrected chi connectivity index (χ1v) is 7.24. The molecular weight excluding hydrogens is 249 g/mol. The van der Waals surface area contributed by atoms with Crippen molar-refractivity contribution < 1.29 is 4.39 Å². The summed E-state index contributed by atoms with van der Waals surface area (Å²) in [6, 6.07) is 13.7. The van der Waals surface area contributed by atoms with Crippen molar-refractivity contribution in [2.75, 3.05) is 6.54 Å². The smallest absolute Gasteiger partial charge is 0.123 e. The van der Waals surface area contributed by atoms with Gasteiger partial charge in [0.1, 0.15) is 5.82 Å². The molecule has 1 N–H and O–H groups in total. The predicted molar refractivity (Wildman–Crippen MR) is 82.5 cm³/mol. The van der Waals surface area contributed by atoms with Crippen LogP contribution < -0.4 is 5.32 Å². The van der Waals surface area contributed by atoms with Crippen molar-refractivity contribution in [1.82, 2.24) is 5.32 Å². The van der Waals surface area contributed by atoms with Gasteiger partial charge in [-0.1, -0.05) is 44.2 Å². The van der Waals surface area contributed by atoms with E-state index in [0.29, 0.717) is 0 Å². The minimum atomic E-state index is -0.177. The van der Waals surface area contributed by atoms with Gasteiger partial charge in [-0.05, 0) is 54.3 Å². The summed E-state index contributed by atoms with van der Waals surface area (Å²) in [6.45, 7) is 7.09. The van der Waals surface area contributed by atoms with Gasteiger partial charge in [0.15, 0.2) is 0 Å². The first kappa shape index (κ1) is 14.7. The highest BCUT2D eigenvalue weighted by Gasteiger charge is 2.15. The van der Waals surface area contributed by atoms with Crippen molar-refractivity contribution in [3.63, 3.8) is 0 Å². The van der Waals surface area contributed by atoms with Gasteiger partial charge in [0.05, 0.1) is 6.04 Å². The molecule has 0 spiro atoms. The Labute approximate surface area is 120 Å². The number of hydrogen-bond donors (Lipinski definition) is 1. The third-order valence-electron chi connectivity index (χ3n) is 3.64. The lowest BCUT2D eigenvalue weighted by atomic mass is 9.93. The first-order chi connectivity index (χ1) is 9.65. The van der Waals surface area contributed by atoms with Crippen molar-refractivity contribution in [2.45, 2.75) is 33.2 Å². The Morgan fingerprint density at radius 2 is 1.90 bits per heavy atom. The third kappa shape index (κ3) is 3.26. The van der Waals surface area contributed by atoms with Crippen LogP contribution in [0, 0.1) is 12.7 Å². The van der Waals surface area contributed by atoms with E-state index in [1.54, 1.807) is 6.07 Å². The molecule has 0 aliphatic rings. The van der Waals surface area contributed by atoms with Crippen molar-refractivity contribution in [2.24, 2.45) is 0 Å². The standard InChI is InChI=1S/C18H22FN/c1-4-14-7-6-8-15(12-14)18(20-5-2)17-10-9-16(19)11-13(17)3/h6-12,18,20H,4-5H2,1-3H3. The molecule has 2 rings (SSSR count). The zero-order valence-electron chi connectivity index (χ0n) is 12.4. The van der Waals surface area contributed by atoms with Crippen molar-refractivity contribution in [1.29, 1.82) is 0 Å². The lowest BCUT2D eigenvalue weighted by Crippen LogP contribution is -2.23. The largest absolute Gasteiger partial charge is 0.307 e. The molecule has 0 aliphatic heterocycles. The molecule has 2 aromatic rings. The number of benzene rings is 2. The molecule has 0 saturated heterocycles. The molecule has 2 heteroatoms. The minimum absolute atomic E-state index is 0.118. The molecule has 20 heavy (non-hydrogen) atoms. The molecule has 0 radical (unpaired) electrons. The molecule has 0 aromatic heterocycles. The second kappa shape index (κ2) is 6.67. The van der Waals surface area contributed by atoms with Gasteiger partial charge in [-0.25, -0.2) is 4.39 Å². The van der Waals surface area contributed by atoms with Gasteiger partial charge in [-0.15, -0.1) is 0 Å². The van der Waals surface area contributed by atoms with Gasteiger partial charge < -0.3 is 5.32 Å². The Hall–Kier alpha value is -1.67. The Kier molecular flexibility index (Phi) is 4.91. The predicted octanol–water partition coefficient (Wildman–Crippen LogP) is 4.40. The van der Waals surface area contributed by atoms with Crippen LogP contribution in [0.5, 0.6) is 0 Å². The Balaban J connectivity index is 2.44. The van der Waals surface area contributed by atoms with E-state index >= 15 is 0 Å². The number of hydrogen-bond acceptors (Lipinski definition) is 1. The van der Waals surface area contributed by atoms with Gasteiger partial charge in [0.25, 0.3) is 0 Å². The average molecular weight is 271 g/mol. The fraction of sp³-hybridized carbons (Fsp3) is 0.333. The summed E-state index contributed by atoms with van der Waals surface area (Å²) in [5, 5.41) is 3.50. The molecule has 0 heterocycles. The van der Waals surface area contributed by atoms with Gasteiger partial charge >= 0.3 is 0 Å². The monoisotopic (exact) mass is 271 g/mol. The van der Waals surface area contributed by atoms with Crippen LogP contribution in [0.3, 0.4) is 0 Å². The van der Waals surface area contributed by atoms with Gasteiger partial charge in [0, 0.05) is 0 Å². The van der Waals surface area contributed by atoms with Crippen LogP contribution in [-0.4, -0.2) is 6.54 Å². The maximum absolute atomic E-state index is 13.3. The summed E-state index contributed by atoms with van der Waals surface area (Å²) in [5.41, 5.74) is 4.69. The van der Waals surface area contributed by atoms with E-state index in [2.05, 4.69) is 43.4 Å². The molecule has 0 aliphatic carbocycles. The molecule has 0 amide bonds. The fourth-order valence-electron chi connectivity index (χ4n) is 2.57. The van der Waals surface area contributed by atoms with Gasteiger partial charge in [0.2, 0.25) is 0 Å². The van der Waals surface area contributed by atoms with Crippen LogP contribution in [0.4, 0.5) is 4.39 Å². The number of nitrogens with one attached hydrogen (secondary N) is 1. The van der Waals surface area contributed by atoms with Crippen molar-refractivity contribution >= 4 is 0 Å². The SMILES string of the molecule is CCNC(c1cccc(CC)c1)c1ccc(F)cc1C. The molecular formula is C18H22FN. The first-order valence-electron chi connectivity index (χ1n) is 7.24. The molecule has 1 unspecified atom stereocenters. The number of rotatable bonds is 5. The van der Waals surface area contributed by atoms with E-state index in [1.807, 2.05) is 13.0 Å². The molecule has 1 nitrogen and oxygen atoms in total. The minimum Gasteiger partial charge on any atom is -0.307 e. The van der Waals surface area contributed by atoms with Crippen LogP contribution in [-0.2, 0) is 6.42 Å². The summed E-state index contributed by atoms with van der Waals surface area (Å²) in [6.07, 6.45) is 1.02. The summed E-state index contributed by atoms with van der Waals surface area (Å²) in [5.74, 6) is -0.177. The second-order valence-corrected chi connectivity index (χ2v) is 5.09. The molecule has 106 valence electrons. The fourth-order valence-corrected chi connectivity index (χ4v) is 2.57. The molecule has 2 aromatic carbocycles. The summed E-state index contributed by atoms with van der Waals surface area (Å²) < 4.78 is 13.3. The highest BCUT2D eigenvalue weighted by atomic mass is 19.1. The number of halogens is 1. The lowest BCUT2D eigenvalue weighted by Gasteiger charge is -2.21. The Bertz CT molecular complexity index is 577. The third-order valence-corrected chi connectivity index (χ3v) is 3.64. The van der Waals surface area contributed by atoms with Gasteiger partial charge in [-0.3, -0.25) is 0 Å². The summed E-state index contributed by atoms with van der Waals surface area (Å²) in [7, 11) is 0. The van der Waals surface area contributed by atoms with Crippen LogP contribution in [0.15, 0.2) is 42.5 Å². The lowest BCUT2D eigenvalue weighted by molar-refractivity contribution is 0.609. The van der Waals surface area contributed by atoms with Crippen molar-refractivity contribution in [3.8, 4) is 0 Å². The van der Waals surface area contributed by atoms with Gasteiger partial charge in [-0.2, -0.15) is 0 Å². The van der Waals surface area contributed by atoms with Crippen LogP contribution >= 0.6 is 0 Å². The highest BCUT2D eigenvalue weighted by molar-refractivity contribution is 5.38. The second-order valence-electron chi connectivity index (χ2n) is 5.09. The zero-order valence-corrected chi connectivity index (χ0v) is 12.4. The van der Waals surface area contributed by atoms with E-state index in [1.165, 1.54) is 17.2 Å². The molecule has 1 atom stereocenters. The Morgan fingerprint density at radius 1 is 1.10 bits per heavy atom. The van der Waals surface area contributed by atoms with Crippen LogP contribution in [0.1, 0.15) is 42.1 Å². The van der Waals surface area contributed by atoms with E-state index in [9.17, 15) is 4.39 Å². The summed E-state index contributed by atoms with van der Waals surface area (Å²) >= 11 is 0. The van der Waals surface area contributed by atoms with E-state index in [4.69, 9.17) is 0 Å². The molecule has 0 fully saturated rings. The maximum Gasteiger partial charge on any atom is 0.123 e. The highest BCUT2D eigenvalue weighted by Crippen LogP contribution is 2.26. The Morgan fingerprint density at radius 3 is 2.55 bits per heavy atom. The summed E-state index contributed by atoms with van der Waals surface area (Å²) in [4.78, 5) is 0. The normalized spacial score (nSPS) is 12.4.